The van der Waals surface area contributed by atoms with Gasteiger partial charge in [0.05, 0.1) is 6.61 Å². The zero-order valence-corrected chi connectivity index (χ0v) is 13.5. The Morgan fingerprint density at radius 2 is 1.46 bits per heavy atom. The summed E-state index contributed by atoms with van der Waals surface area (Å²) in [5.41, 5.74) is 0.703. The van der Waals surface area contributed by atoms with E-state index in [1.165, 1.54) is 6.08 Å². The van der Waals surface area contributed by atoms with Gasteiger partial charge in [0.2, 0.25) is 0 Å². The molecule has 0 aromatic heterocycles. The number of hydrogen-bond acceptors (Lipinski definition) is 4. The summed E-state index contributed by atoms with van der Waals surface area (Å²) in [4.78, 5) is 10.6. The highest BCUT2D eigenvalue weighted by Gasteiger charge is 2.04. The minimum absolute atomic E-state index is 0.332. The van der Waals surface area contributed by atoms with Crippen LogP contribution in [0.2, 0.25) is 0 Å². The van der Waals surface area contributed by atoms with E-state index in [2.05, 4.69) is 0 Å². The van der Waals surface area contributed by atoms with Crippen molar-refractivity contribution >= 4 is 12.0 Å². The molecular weight excluding hydrogens is 308 g/mol. The van der Waals surface area contributed by atoms with Crippen LogP contribution in [0.15, 0.2) is 54.6 Å². The van der Waals surface area contributed by atoms with E-state index in [1.807, 2.05) is 43.3 Å². The predicted octanol–water partition coefficient (Wildman–Crippen LogP) is 3.64. The Labute approximate surface area is 141 Å². The maximum Gasteiger partial charge on any atom is 0.328 e. The van der Waals surface area contributed by atoms with Crippen LogP contribution < -0.4 is 14.2 Å². The number of rotatable bonds is 9. The van der Waals surface area contributed by atoms with E-state index >= 15 is 0 Å². The second-order valence-corrected chi connectivity index (χ2v) is 4.79. The molecule has 126 valence electrons. The average Bonchev–Trinajstić information content (AvgIpc) is 2.59. The highest BCUT2D eigenvalue weighted by Crippen LogP contribution is 2.26. The third kappa shape index (κ3) is 5.35. The predicted molar refractivity (Wildman–Crippen MR) is 91.7 cm³/mol. The van der Waals surface area contributed by atoms with Gasteiger partial charge in [-0.1, -0.05) is 30.3 Å². The molecule has 0 aliphatic rings. The lowest BCUT2D eigenvalue weighted by Crippen LogP contribution is -2.10. The van der Waals surface area contributed by atoms with E-state index in [0.717, 1.165) is 6.08 Å². The fraction of sp³-hybridized carbons (Fsp3) is 0.211. The molecule has 0 radical (unpaired) electrons. The standard InChI is InChI=1S/C19H20O5/c1-2-22-17-9-5-6-10-18(17)24-14-13-23-16-8-4-3-7-15(16)11-12-19(20)21/h3-12H,2,13-14H2,1H3,(H,20,21). The molecule has 0 saturated carbocycles. The van der Waals surface area contributed by atoms with Gasteiger partial charge in [-0.25, -0.2) is 4.79 Å². The number of carboxylic acids is 1. The minimum Gasteiger partial charge on any atom is -0.490 e. The van der Waals surface area contributed by atoms with Crippen LogP contribution in [0.25, 0.3) is 6.08 Å². The molecular formula is C19H20O5. The van der Waals surface area contributed by atoms with E-state index in [0.29, 0.717) is 42.6 Å². The second-order valence-electron chi connectivity index (χ2n) is 4.79. The van der Waals surface area contributed by atoms with Gasteiger partial charge < -0.3 is 19.3 Å². The molecule has 2 aromatic carbocycles. The Bertz CT molecular complexity index is 694. The summed E-state index contributed by atoms with van der Waals surface area (Å²) in [6, 6.07) is 14.7. The molecule has 5 heteroatoms. The van der Waals surface area contributed by atoms with Crippen molar-refractivity contribution in [3.05, 3.63) is 60.2 Å². The topological polar surface area (TPSA) is 65.0 Å². The van der Waals surface area contributed by atoms with Gasteiger partial charge in [0.1, 0.15) is 19.0 Å². The van der Waals surface area contributed by atoms with Crippen molar-refractivity contribution in [1.29, 1.82) is 0 Å². The van der Waals surface area contributed by atoms with Crippen molar-refractivity contribution in [3.63, 3.8) is 0 Å². The first-order valence-corrected chi connectivity index (χ1v) is 7.68. The number of carbonyl (C=O) groups is 1. The maximum absolute atomic E-state index is 10.6. The molecule has 5 nitrogen and oxygen atoms in total. The van der Waals surface area contributed by atoms with E-state index in [-0.39, 0.29) is 0 Å². The monoisotopic (exact) mass is 328 g/mol. The minimum atomic E-state index is -0.999. The van der Waals surface area contributed by atoms with Crippen molar-refractivity contribution in [2.75, 3.05) is 19.8 Å². The van der Waals surface area contributed by atoms with Crippen molar-refractivity contribution in [2.24, 2.45) is 0 Å². The molecule has 1 N–H and O–H groups in total. The van der Waals surface area contributed by atoms with Gasteiger partial charge in [0, 0.05) is 11.6 Å². The summed E-state index contributed by atoms with van der Waals surface area (Å²) < 4.78 is 16.9. The molecule has 0 atom stereocenters. The van der Waals surface area contributed by atoms with E-state index in [4.69, 9.17) is 19.3 Å². The zero-order chi connectivity index (χ0) is 17.2. The van der Waals surface area contributed by atoms with Gasteiger partial charge in [-0.05, 0) is 31.2 Å². The van der Waals surface area contributed by atoms with Gasteiger partial charge >= 0.3 is 5.97 Å². The van der Waals surface area contributed by atoms with Gasteiger partial charge in [0.25, 0.3) is 0 Å². The highest BCUT2D eigenvalue weighted by molar-refractivity contribution is 5.85. The molecule has 0 saturated heterocycles. The van der Waals surface area contributed by atoms with Crippen LogP contribution in [0.5, 0.6) is 17.2 Å². The molecule has 2 rings (SSSR count). The Morgan fingerprint density at radius 3 is 2.08 bits per heavy atom. The number of carboxylic acid groups (broad SMARTS) is 1. The summed E-state index contributed by atoms with van der Waals surface area (Å²) in [7, 11) is 0. The van der Waals surface area contributed by atoms with Crippen molar-refractivity contribution in [2.45, 2.75) is 6.92 Å². The summed E-state index contributed by atoms with van der Waals surface area (Å²) in [5.74, 6) is 0.976. The first kappa shape index (κ1) is 17.4. The fourth-order valence-electron chi connectivity index (χ4n) is 2.06. The number of hydrogen-bond donors (Lipinski definition) is 1. The van der Waals surface area contributed by atoms with Crippen molar-refractivity contribution in [1.82, 2.24) is 0 Å². The molecule has 24 heavy (non-hydrogen) atoms. The molecule has 0 fully saturated rings. The summed E-state index contributed by atoms with van der Waals surface area (Å²) in [5, 5.41) is 8.72. The van der Waals surface area contributed by atoms with E-state index in [9.17, 15) is 4.79 Å². The molecule has 2 aromatic rings. The van der Waals surface area contributed by atoms with E-state index in [1.54, 1.807) is 12.1 Å². The zero-order valence-electron chi connectivity index (χ0n) is 13.5. The van der Waals surface area contributed by atoms with Crippen LogP contribution in [0.1, 0.15) is 12.5 Å². The smallest absolute Gasteiger partial charge is 0.328 e. The third-order valence-electron chi connectivity index (χ3n) is 3.07. The summed E-state index contributed by atoms with van der Waals surface area (Å²) in [6.45, 7) is 3.17. The van der Waals surface area contributed by atoms with Crippen molar-refractivity contribution in [3.8, 4) is 17.2 Å². The van der Waals surface area contributed by atoms with Gasteiger partial charge in [-0.3, -0.25) is 0 Å². The first-order chi connectivity index (χ1) is 11.7. The van der Waals surface area contributed by atoms with Crippen LogP contribution in [-0.4, -0.2) is 30.9 Å². The number of ether oxygens (including phenoxy) is 3. The van der Waals surface area contributed by atoms with Gasteiger partial charge in [-0.2, -0.15) is 0 Å². The number of benzene rings is 2. The quantitative estimate of drug-likeness (QED) is 0.562. The Hall–Kier alpha value is -2.95. The lowest BCUT2D eigenvalue weighted by atomic mass is 10.2. The second kappa shape index (κ2) is 9.25. The Kier molecular flexibility index (Phi) is 6.71. The van der Waals surface area contributed by atoms with Crippen LogP contribution in [0.3, 0.4) is 0 Å². The molecule has 0 spiro atoms. The highest BCUT2D eigenvalue weighted by atomic mass is 16.5. The summed E-state index contributed by atoms with van der Waals surface area (Å²) >= 11 is 0. The largest absolute Gasteiger partial charge is 0.490 e. The maximum atomic E-state index is 10.6. The Morgan fingerprint density at radius 1 is 0.917 bits per heavy atom. The average molecular weight is 328 g/mol. The van der Waals surface area contributed by atoms with Crippen molar-refractivity contribution < 1.29 is 24.1 Å². The Balaban J connectivity index is 1.90. The summed E-state index contributed by atoms with van der Waals surface area (Å²) in [6.07, 6.45) is 2.58. The van der Waals surface area contributed by atoms with Gasteiger partial charge in [-0.15, -0.1) is 0 Å². The SMILES string of the molecule is CCOc1ccccc1OCCOc1ccccc1C=CC(=O)O. The lowest BCUT2D eigenvalue weighted by molar-refractivity contribution is -0.131. The van der Waals surface area contributed by atoms with Crippen LogP contribution in [0, 0.1) is 0 Å². The molecule has 0 bridgehead atoms. The lowest BCUT2D eigenvalue weighted by Gasteiger charge is -2.13. The molecule has 0 amide bonds. The molecule has 0 aliphatic carbocycles. The first-order valence-electron chi connectivity index (χ1n) is 7.68. The number of para-hydroxylation sites is 3. The molecule has 0 aliphatic heterocycles. The van der Waals surface area contributed by atoms with Gasteiger partial charge in [0.15, 0.2) is 11.5 Å². The van der Waals surface area contributed by atoms with Crippen LogP contribution >= 0.6 is 0 Å². The molecule has 0 heterocycles. The third-order valence-corrected chi connectivity index (χ3v) is 3.07. The molecule has 0 unspecified atom stereocenters. The number of aliphatic carboxylic acids is 1. The van der Waals surface area contributed by atoms with E-state index < -0.39 is 5.97 Å². The van der Waals surface area contributed by atoms with Crippen LogP contribution in [0.4, 0.5) is 0 Å². The fourth-order valence-corrected chi connectivity index (χ4v) is 2.06. The van der Waals surface area contributed by atoms with Crippen LogP contribution in [-0.2, 0) is 4.79 Å². The normalized spacial score (nSPS) is 10.5.